The minimum Gasteiger partial charge on any atom is -0.390 e. The van der Waals surface area contributed by atoms with Crippen LogP contribution in [0.3, 0.4) is 0 Å². The number of nitrogens with zero attached hydrogens (tertiary/aromatic N) is 3. The van der Waals surface area contributed by atoms with Gasteiger partial charge in [0.2, 0.25) is 5.91 Å². The fraction of sp³-hybridized carbons (Fsp3) is 0.308. The Morgan fingerprint density at radius 3 is 2.74 bits per heavy atom. The average Bonchev–Trinajstić information content (AvgIpc) is 2.86. The van der Waals surface area contributed by atoms with E-state index in [1.807, 2.05) is 31.2 Å². The fourth-order valence-corrected chi connectivity index (χ4v) is 1.60. The molecular weight excluding hydrogens is 244 g/mol. The lowest BCUT2D eigenvalue weighted by molar-refractivity contribution is -0.122. The van der Waals surface area contributed by atoms with Gasteiger partial charge in [0, 0.05) is 6.54 Å². The maximum Gasteiger partial charge on any atom is 0.242 e. The number of hydrogen-bond donors (Lipinski definition) is 2. The van der Waals surface area contributed by atoms with Crippen LogP contribution in [0.5, 0.6) is 0 Å². The highest BCUT2D eigenvalue weighted by molar-refractivity contribution is 5.75. The molecular formula is C13H16N4O2. The molecule has 0 aliphatic rings. The van der Waals surface area contributed by atoms with E-state index in [0.717, 1.165) is 5.56 Å². The number of carbonyl (C=O) groups excluding carboxylic acids is 1. The van der Waals surface area contributed by atoms with Crippen molar-refractivity contribution in [1.29, 1.82) is 0 Å². The van der Waals surface area contributed by atoms with Crippen molar-refractivity contribution in [1.82, 2.24) is 20.3 Å². The van der Waals surface area contributed by atoms with Crippen LogP contribution >= 0.6 is 0 Å². The van der Waals surface area contributed by atoms with Gasteiger partial charge < -0.3 is 10.4 Å². The van der Waals surface area contributed by atoms with Gasteiger partial charge in [0.25, 0.3) is 0 Å². The number of aliphatic hydroxyl groups is 1. The van der Waals surface area contributed by atoms with Gasteiger partial charge in [0.05, 0.1) is 12.8 Å². The van der Waals surface area contributed by atoms with E-state index >= 15 is 0 Å². The molecule has 6 nitrogen and oxygen atoms in total. The van der Waals surface area contributed by atoms with Gasteiger partial charge in [0.1, 0.15) is 12.2 Å². The number of hydrogen-bond acceptors (Lipinski definition) is 4. The van der Waals surface area contributed by atoms with Crippen molar-refractivity contribution >= 4 is 5.91 Å². The standard InChI is InChI=1S/C13H16N4O2/c1-10-2-4-11(5-3-10)6-14-13(19)8-17-7-12(9-18)15-16-17/h2-5,7,18H,6,8-9H2,1H3,(H,14,19). The van der Waals surface area contributed by atoms with E-state index in [2.05, 4.69) is 15.6 Å². The van der Waals surface area contributed by atoms with E-state index in [-0.39, 0.29) is 19.1 Å². The lowest BCUT2D eigenvalue weighted by atomic mass is 10.1. The summed E-state index contributed by atoms with van der Waals surface area (Å²) in [4.78, 5) is 11.7. The number of benzene rings is 1. The predicted octanol–water partition coefficient (Wildman–Crippen LogP) is 0.395. The van der Waals surface area contributed by atoms with Crippen molar-refractivity contribution in [3.05, 3.63) is 47.3 Å². The summed E-state index contributed by atoms with van der Waals surface area (Å²) in [6.07, 6.45) is 1.55. The third-order valence-corrected chi connectivity index (χ3v) is 2.66. The van der Waals surface area contributed by atoms with Crippen LogP contribution in [0.25, 0.3) is 0 Å². The summed E-state index contributed by atoms with van der Waals surface area (Å²) >= 11 is 0. The molecule has 0 spiro atoms. The summed E-state index contributed by atoms with van der Waals surface area (Å²) in [5.41, 5.74) is 2.69. The normalized spacial score (nSPS) is 10.4. The fourth-order valence-electron chi connectivity index (χ4n) is 1.60. The van der Waals surface area contributed by atoms with Crippen LogP contribution in [0.4, 0.5) is 0 Å². The van der Waals surface area contributed by atoms with Crippen LogP contribution in [0, 0.1) is 6.92 Å². The quantitative estimate of drug-likeness (QED) is 0.815. The maximum absolute atomic E-state index is 11.7. The molecule has 100 valence electrons. The van der Waals surface area contributed by atoms with Crippen molar-refractivity contribution in [2.24, 2.45) is 0 Å². The zero-order chi connectivity index (χ0) is 13.7. The number of carbonyl (C=O) groups is 1. The van der Waals surface area contributed by atoms with Crippen LogP contribution in [-0.2, 0) is 24.5 Å². The summed E-state index contributed by atoms with van der Waals surface area (Å²) < 4.78 is 1.40. The first-order valence-electron chi connectivity index (χ1n) is 5.99. The molecule has 0 aliphatic heterocycles. The van der Waals surface area contributed by atoms with Crippen LogP contribution in [-0.4, -0.2) is 26.0 Å². The first-order valence-corrected chi connectivity index (χ1v) is 5.99. The first kappa shape index (κ1) is 13.2. The second kappa shape index (κ2) is 6.10. The minimum absolute atomic E-state index is 0.0961. The van der Waals surface area contributed by atoms with Gasteiger partial charge in [-0.25, -0.2) is 4.68 Å². The van der Waals surface area contributed by atoms with Gasteiger partial charge in [-0.1, -0.05) is 35.0 Å². The van der Waals surface area contributed by atoms with Crippen molar-refractivity contribution in [2.45, 2.75) is 26.6 Å². The summed E-state index contributed by atoms with van der Waals surface area (Å²) in [5.74, 6) is -0.144. The maximum atomic E-state index is 11.7. The molecule has 0 radical (unpaired) electrons. The topological polar surface area (TPSA) is 80.0 Å². The van der Waals surface area contributed by atoms with Gasteiger partial charge in [-0.3, -0.25) is 4.79 Å². The Morgan fingerprint density at radius 2 is 2.11 bits per heavy atom. The molecule has 0 unspecified atom stereocenters. The zero-order valence-corrected chi connectivity index (χ0v) is 10.7. The summed E-state index contributed by atoms with van der Waals surface area (Å²) in [6.45, 7) is 2.43. The first-order chi connectivity index (χ1) is 9.17. The van der Waals surface area contributed by atoms with Crippen molar-refractivity contribution < 1.29 is 9.90 Å². The van der Waals surface area contributed by atoms with E-state index < -0.39 is 0 Å². The third kappa shape index (κ3) is 3.89. The summed E-state index contributed by atoms with van der Waals surface area (Å²) in [7, 11) is 0. The van der Waals surface area contributed by atoms with Gasteiger partial charge in [0.15, 0.2) is 0 Å². The smallest absolute Gasteiger partial charge is 0.242 e. The molecule has 6 heteroatoms. The Bertz CT molecular complexity index is 548. The lowest BCUT2D eigenvalue weighted by Crippen LogP contribution is -2.27. The molecule has 1 aromatic carbocycles. The van der Waals surface area contributed by atoms with Crippen LogP contribution in [0.15, 0.2) is 30.5 Å². The Balaban J connectivity index is 1.82. The van der Waals surface area contributed by atoms with Crippen molar-refractivity contribution in [3.63, 3.8) is 0 Å². The number of aryl methyl sites for hydroxylation is 1. The van der Waals surface area contributed by atoms with Gasteiger partial charge >= 0.3 is 0 Å². The molecule has 0 aliphatic carbocycles. The van der Waals surface area contributed by atoms with Crippen molar-refractivity contribution in [3.8, 4) is 0 Å². The van der Waals surface area contributed by atoms with Crippen LogP contribution in [0.2, 0.25) is 0 Å². The van der Waals surface area contributed by atoms with Gasteiger partial charge in [-0.05, 0) is 12.5 Å². The number of aromatic nitrogens is 3. The highest BCUT2D eigenvalue weighted by atomic mass is 16.3. The number of amides is 1. The summed E-state index contributed by atoms with van der Waals surface area (Å²) in [6, 6.07) is 7.97. The predicted molar refractivity (Wildman–Crippen MR) is 69.0 cm³/mol. The van der Waals surface area contributed by atoms with Crippen molar-refractivity contribution in [2.75, 3.05) is 0 Å². The molecule has 0 atom stereocenters. The zero-order valence-electron chi connectivity index (χ0n) is 10.7. The average molecular weight is 260 g/mol. The minimum atomic E-state index is -0.176. The Labute approximate surface area is 111 Å². The number of nitrogens with one attached hydrogen (secondary N) is 1. The largest absolute Gasteiger partial charge is 0.390 e. The number of aliphatic hydroxyl groups excluding tert-OH is 1. The summed E-state index contributed by atoms with van der Waals surface area (Å²) in [5, 5.41) is 19.1. The molecule has 0 saturated carbocycles. The second-order valence-corrected chi connectivity index (χ2v) is 4.33. The molecule has 2 aromatic rings. The molecule has 19 heavy (non-hydrogen) atoms. The lowest BCUT2D eigenvalue weighted by Gasteiger charge is -2.05. The van der Waals surface area contributed by atoms with E-state index in [1.54, 1.807) is 6.20 Å². The van der Waals surface area contributed by atoms with E-state index in [9.17, 15) is 4.79 Å². The SMILES string of the molecule is Cc1ccc(CNC(=O)Cn2cc(CO)nn2)cc1. The highest BCUT2D eigenvalue weighted by Gasteiger charge is 2.05. The molecule has 2 N–H and O–H groups in total. The molecule has 1 heterocycles. The molecule has 0 fully saturated rings. The van der Waals surface area contributed by atoms with E-state index in [0.29, 0.717) is 12.2 Å². The van der Waals surface area contributed by atoms with Gasteiger partial charge in [-0.2, -0.15) is 0 Å². The Hall–Kier alpha value is -2.21. The Morgan fingerprint density at radius 1 is 1.37 bits per heavy atom. The van der Waals surface area contributed by atoms with Gasteiger partial charge in [-0.15, -0.1) is 5.10 Å². The molecule has 0 bridgehead atoms. The van der Waals surface area contributed by atoms with E-state index in [1.165, 1.54) is 10.2 Å². The molecule has 2 rings (SSSR count). The van der Waals surface area contributed by atoms with Crippen LogP contribution in [0.1, 0.15) is 16.8 Å². The second-order valence-electron chi connectivity index (χ2n) is 4.33. The van der Waals surface area contributed by atoms with Crippen LogP contribution < -0.4 is 5.32 Å². The third-order valence-electron chi connectivity index (χ3n) is 2.66. The molecule has 1 amide bonds. The number of rotatable bonds is 5. The molecule has 1 aromatic heterocycles. The highest BCUT2D eigenvalue weighted by Crippen LogP contribution is 2.02. The molecule has 0 saturated heterocycles. The van der Waals surface area contributed by atoms with E-state index in [4.69, 9.17) is 5.11 Å². The Kier molecular flexibility index (Phi) is 4.25. The monoisotopic (exact) mass is 260 g/mol.